The van der Waals surface area contributed by atoms with E-state index < -0.39 is 22.3 Å². The number of benzene rings is 2. The zero-order chi connectivity index (χ0) is 20.0. The summed E-state index contributed by atoms with van der Waals surface area (Å²) in [5, 5.41) is 24.2. The number of ether oxygens (including phenoxy) is 2. The van der Waals surface area contributed by atoms with Crippen LogP contribution >= 0.6 is 31.9 Å². The lowest BCUT2D eigenvalue weighted by Crippen LogP contribution is -2.24. The van der Waals surface area contributed by atoms with Gasteiger partial charge in [0.1, 0.15) is 0 Å². The van der Waals surface area contributed by atoms with Crippen LogP contribution in [0.1, 0.15) is 5.56 Å². The Bertz CT molecular complexity index is 904. The minimum absolute atomic E-state index is 0.0859. The van der Waals surface area contributed by atoms with Crippen molar-refractivity contribution in [3.63, 3.8) is 0 Å². The maximum absolute atomic E-state index is 11.9. The highest BCUT2D eigenvalue weighted by Gasteiger charge is 2.15. The molecule has 0 saturated heterocycles. The van der Waals surface area contributed by atoms with Gasteiger partial charge in [-0.3, -0.25) is 14.9 Å². The quantitative estimate of drug-likeness (QED) is 0.340. The van der Waals surface area contributed by atoms with E-state index in [0.29, 0.717) is 16.0 Å². The third-order valence-electron chi connectivity index (χ3n) is 3.18. The average Bonchev–Trinajstić information content (AvgIpc) is 2.61. The normalized spacial score (nSPS) is 10.6. The molecule has 0 aromatic heterocycles. The lowest BCUT2D eigenvalue weighted by atomic mass is 10.2. The molecule has 1 amide bonds. The first-order chi connectivity index (χ1) is 12.8. The molecule has 0 saturated carbocycles. The fraction of sp³-hybridized carbons (Fsp3) is 0.125. The van der Waals surface area contributed by atoms with E-state index in [1.54, 1.807) is 12.1 Å². The molecular weight excluding hydrogens is 490 g/mol. The Morgan fingerprint density at radius 3 is 2.81 bits per heavy atom. The average molecular weight is 503 g/mol. The van der Waals surface area contributed by atoms with Crippen LogP contribution in [-0.4, -0.2) is 35.9 Å². The first-order valence-electron chi connectivity index (χ1n) is 7.27. The number of rotatable bonds is 7. The molecule has 0 heterocycles. The molecule has 27 heavy (non-hydrogen) atoms. The second kappa shape index (κ2) is 9.33. The highest BCUT2D eigenvalue weighted by atomic mass is 79.9. The molecule has 0 atom stereocenters. The van der Waals surface area contributed by atoms with E-state index in [2.05, 4.69) is 42.4 Å². The molecule has 0 aliphatic rings. The Kier molecular flexibility index (Phi) is 7.13. The van der Waals surface area contributed by atoms with Crippen LogP contribution in [0, 0.1) is 10.1 Å². The van der Waals surface area contributed by atoms with Gasteiger partial charge in [-0.25, -0.2) is 5.43 Å². The molecule has 0 fully saturated rings. The van der Waals surface area contributed by atoms with Crippen LogP contribution in [0.25, 0.3) is 0 Å². The van der Waals surface area contributed by atoms with E-state index >= 15 is 0 Å². The number of para-hydroxylation sites is 1. The van der Waals surface area contributed by atoms with Crippen molar-refractivity contribution >= 4 is 49.7 Å². The van der Waals surface area contributed by atoms with Gasteiger partial charge in [-0.15, -0.1) is 0 Å². The van der Waals surface area contributed by atoms with Gasteiger partial charge in [-0.1, -0.05) is 22.0 Å². The Morgan fingerprint density at radius 2 is 2.15 bits per heavy atom. The first kappa shape index (κ1) is 20.6. The van der Waals surface area contributed by atoms with Crippen LogP contribution in [0.2, 0.25) is 0 Å². The molecule has 2 rings (SSSR count). The Labute approximate surface area is 170 Å². The number of halogens is 2. The monoisotopic (exact) mass is 501 g/mol. The van der Waals surface area contributed by atoms with Crippen LogP contribution in [0.15, 0.2) is 44.4 Å². The summed E-state index contributed by atoms with van der Waals surface area (Å²) in [5.74, 6) is -0.349. The minimum Gasteiger partial charge on any atom is -0.502 e. The van der Waals surface area contributed by atoms with Gasteiger partial charge in [0.25, 0.3) is 5.91 Å². The third kappa shape index (κ3) is 5.41. The maximum Gasteiger partial charge on any atom is 0.311 e. The van der Waals surface area contributed by atoms with Gasteiger partial charge in [-0.05, 0) is 34.1 Å². The van der Waals surface area contributed by atoms with Gasteiger partial charge >= 0.3 is 5.69 Å². The molecule has 9 nitrogen and oxygen atoms in total. The smallest absolute Gasteiger partial charge is 0.311 e. The van der Waals surface area contributed by atoms with Crippen LogP contribution in [-0.2, 0) is 4.79 Å². The van der Waals surface area contributed by atoms with Crippen LogP contribution in [0.4, 0.5) is 5.69 Å². The molecule has 0 aliphatic heterocycles. The SMILES string of the molecule is COc1cc(Br)cc(Br)c1OCC(=O)NN=Cc1cccc([N+](=O)[O-])c1O. The van der Waals surface area contributed by atoms with E-state index in [-0.39, 0.29) is 12.2 Å². The van der Waals surface area contributed by atoms with Gasteiger partial charge in [0.05, 0.1) is 22.7 Å². The second-order valence-electron chi connectivity index (χ2n) is 4.97. The first-order valence-corrected chi connectivity index (χ1v) is 8.86. The molecule has 11 heteroatoms. The summed E-state index contributed by atoms with van der Waals surface area (Å²) < 4.78 is 12.0. The number of hydrogen-bond donors (Lipinski definition) is 2. The van der Waals surface area contributed by atoms with Crippen molar-refractivity contribution in [1.29, 1.82) is 0 Å². The third-order valence-corrected chi connectivity index (χ3v) is 4.22. The molecule has 0 aliphatic carbocycles. The molecule has 142 valence electrons. The molecule has 2 N–H and O–H groups in total. The van der Waals surface area contributed by atoms with Gasteiger partial charge in [-0.2, -0.15) is 5.10 Å². The summed E-state index contributed by atoms with van der Waals surface area (Å²) in [6.07, 6.45) is 1.09. The number of phenolic OH excluding ortho intramolecular Hbond substituents is 1. The molecule has 0 radical (unpaired) electrons. The lowest BCUT2D eigenvalue weighted by molar-refractivity contribution is -0.385. The van der Waals surface area contributed by atoms with E-state index in [4.69, 9.17) is 9.47 Å². The Hall–Kier alpha value is -2.66. The van der Waals surface area contributed by atoms with E-state index in [1.807, 2.05) is 0 Å². The van der Waals surface area contributed by atoms with E-state index in [9.17, 15) is 20.0 Å². The highest BCUT2D eigenvalue weighted by Crippen LogP contribution is 2.38. The van der Waals surface area contributed by atoms with Crippen molar-refractivity contribution in [3.8, 4) is 17.2 Å². The van der Waals surface area contributed by atoms with Crippen molar-refractivity contribution in [1.82, 2.24) is 5.43 Å². The lowest BCUT2D eigenvalue weighted by Gasteiger charge is -2.12. The van der Waals surface area contributed by atoms with Gasteiger partial charge < -0.3 is 14.6 Å². The molecule has 0 bridgehead atoms. The largest absolute Gasteiger partial charge is 0.502 e. The molecule has 2 aromatic carbocycles. The van der Waals surface area contributed by atoms with Gasteiger partial charge in [0, 0.05) is 16.1 Å². The van der Waals surface area contributed by atoms with Crippen LogP contribution < -0.4 is 14.9 Å². The van der Waals surface area contributed by atoms with Crippen LogP contribution in [0.5, 0.6) is 17.2 Å². The summed E-state index contributed by atoms with van der Waals surface area (Å²) >= 11 is 6.64. The van der Waals surface area contributed by atoms with E-state index in [1.165, 1.54) is 19.2 Å². The number of carbonyl (C=O) groups excluding carboxylic acids is 1. The number of nitro benzene ring substituents is 1. The highest BCUT2D eigenvalue weighted by molar-refractivity contribution is 9.11. The number of hydrogen-bond acceptors (Lipinski definition) is 7. The van der Waals surface area contributed by atoms with Crippen molar-refractivity contribution in [2.45, 2.75) is 0 Å². The number of amides is 1. The Morgan fingerprint density at radius 1 is 1.41 bits per heavy atom. The zero-order valence-corrected chi connectivity index (χ0v) is 17.0. The molecule has 2 aromatic rings. The van der Waals surface area contributed by atoms with E-state index in [0.717, 1.165) is 16.8 Å². The van der Waals surface area contributed by atoms with Gasteiger partial charge in [0.2, 0.25) is 5.75 Å². The number of nitrogens with one attached hydrogen (secondary N) is 1. The van der Waals surface area contributed by atoms with Crippen molar-refractivity contribution < 1.29 is 24.3 Å². The molecule has 0 spiro atoms. The van der Waals surface area contributed by atoms with Crippen LogP contribution in [0.3, 0.4) is 0 Å². The number of hydrazone groups is 1. The zero-order valence-electron chi connectivity index (χ0n) is 13.8. The Balaban J connectivity index is 1.99. The van der Waals surface area contributed by atoms with Crippen molar-refractivity contribution in [2.24, 2.45) is 5.10 Å². The summed E-state index contributed by atoms with van der Waals surface area (Å²) in [5.41, 5.74) is 1.83. The van der Waals surface area contributed by atoms with Gasteiger partial charge in [0.15, 0.2) is 18.1 Å². The molecular formula is C16H13Br2N3O6. The minimum atomic E-state index is -0.720. The standard InChI is InChI=1S/C16H13Br2N3O6/c1-26-13-6-10(17)5-11(18)16(13)27-8-14(22)20-19-7-9-3-2-4-12(15(9)23)21(24)25/h2-7,23H,8H2,1H3,(H,20,22). The number of carbonyl (C=O) groups is 1. The molecule has 0 unspecified atom stereocenters. The topological polar surface area (TPSA) is 123 Å². The van der Waals surface area contributed by atoms with Crippen molar-refractivity contribution in [2.75, 3.05) is 13.7 Å². The number of nitro groups is 1. The summed E-state index contributed by atoms with van der Waals surface area (Å²) in [6, 6.07) is 7.38. The number of phenols is 1. The predicted molar refractivity (Wildman–Crippen MR) is 104 cm³/mol. The second-order valence-corrected chi connectivity index (χ2v) is 6.74. The fourth-order valence-electron chi connectivity index (χ4n) is 1.97. The van der Waals surface area contributed by atoms with Crippen molar-refractivity contribution in [3.05, 3.63) is 55.0 Å². The number of methoxy groups -OCH3 is 1. The fourth-order valence-corrected chi connectivity index (χ4v) is 3.27. The number of aromatic hydroxyl groups is 1. The summed E-state index contributed by atoms with van der Waals surface area (Å²) in [4.78, 5) is 21.9. The summed E-state index contributed by atoms with van der Waals surface area (Å²) in [7, 11) is 1.47. The maximum atomic E-state index is 11.9. The predicted octanol–water partition coefficient (Wildman–Crippen LogP) is 3.36. The number of nitrogens with zero attached hydrogens (tertiary/aromatic N) is 2. The summed E-state index contributed by atoms with van der Waals surface area (Å²) in [6.45, 7) is -0.352.